The molecule has 24 heavy (non-hydrogen) atoms. The normalized spacial score (nSPS) is 21.0. The molecule has 0 saturated heterocycles. The summed E-state index contributed by atoms with van der Waals surface area (Å²) in [5.74, 6) is 0.631. The summed E-state index contributed by atoms with van der Waals surface area (Å²) >= 11 is 0. The standard InChI is InChI=1S/C22H22O2/c1-14-8-4-5-9-15(14)17-12-13-18-16-10-6-7-11-19(16)24-21(18)20(17)22(2,3)23/h4-15,23H,1-3H3. The lowest BCUT2D eigenvalue weighted by Crippen LogP contribution is -2.21. The minimum atomic E-state index is -0.975. The van der Waals surface area contributed by atoms with E-state index in [1.165, 1.54) is 0 Å². The van der Waals surface area contributed by atoms with E-state index in [2.05, 4.69) is 49.4 Å². The van der Waals surface area contributed by atoms with Gasteiger partial charge in [-0.1, -0.05) is 61.6 Å². The van der Waals surface area contributed by atoms with Crippen LogP contribution in [-0.4, -0.2) is 5.11 Å². The van der Waals surface area contributed by atoms with Gasteiger partial charge in [-0.3, -0.25) is 0 Å². The first-order chi connectivity index (χ1) is 11.5. The Kier molecular flexibility index (Phi) is 3.40. The molecule has 0 radical (unpaired) electrons. The molecule has 2 atom stereocenters. The molecule has 1 aromatic heterocycles. The third-order valence-corrected chi connectivity index (χ3v) is 4.96. The average molecular weight is 318 g/mol. The number of fused-ring (bicyclic) bond motifs is 3. The molecule has 2 unspecified atom stereocenters. The molecule has 0 spiro atoms. The van der Waals surface area contributed by atoms with Crippen LogP contribution in [-0.2, 0) is 5.60 Å². The van der Waals surface area contributed by atoms with Crippen molar-refractivity contribution in [3.05, 3.63) is 71.8 Å². The van der Waals surface area contributed by atoms with Crippen LogP contribution in [0.1, 0.15) is 37.8 Å². The zero-order valence-corrected chi connectivity index (χ0v) is 14.3. The van der Waals surface area contributed by atoms with Crippen molar-refractivity contribution in [2.24, 2.45) is 5.92 Å². The highest BCUT2D eigenvalue weighted by Crippen LogP contribution is 2.42. The van der Waals surface area contributed by atoms with Crippen LogP contribution in [0.3, 0.4) is 0 Å². The van der Waals surface area contributed by atoms with Crippen LogP contribution in [0.4, 0.5) is 0 Å². The lowest BCUT2D eigenvalue weighted by molar-refractivity contribution is 0.0779. The summed E-state index contributed by atoms with van der Waals surface area (Å²) in [5, 5.41) is 13.1. The Hall–Kier alpha value is -2.32. The maximum Gasteiger partial charge on any atom is 0.141 e. The van der Waals surface area contributed by atoms with Crippen LogP contribution < -0.4 is 0 Å². The number of rotatable bonds is 2. The van der Waals surface area contributed by atoms with Gasteiger partial charge in [0, 0.05) is 22.3 Å². The lowest BCUT2D eigenvalue weighted by atomic mass is 9.78. The van der Waals surface area contributed by atoms with E-state index in [-0.39, 0.29) is 5.92 Å². The van der Waals surface area contributed by atoms with E-state index in [0.717, 1.165) is 33.1 Å². The average Bonchev–Trinajstić information content (AvgIpc) is 2.92. The van der Waals surface area contributed by atoms with Crippen molar-refractivity contribution < 1.29 is 9.52 Å². The van der Waals surface area contributed by atoms with E-state index in [0.29, 0.717) is 5.92 Å². The van der Waals surface area contributed by atoms with Gasteiger partial charge in [0.1, 0.15) is 11.2 Å². The van der Waals surface area contributed by atoms with E-state index < -0.39 is 5.60 Å². The summed E-state index contributed by atoms with van der Waals surface area (Å²) in [6, 6.07) is 12.3. The lowest BCUT2D eigenvalue weighted by Gasteiger charge is -2.28. The fourth-order valence-corrected chi connectivity index (χ4v) is 3.82. The van der Waals surface area contributed by atoms with E-state index in [4.69, 9.17) is 4.42 Å². The largest absolute Gasteiger partial charge is 0.456 e. The molecule has 0 amide bonds. The molecule has 0 fully saturated rings. The molecule has 4 rings (SSSR count). The number of hydrogen-bond donors (Lipinski definition) is 1. The summed E-state index contributed by atoms with van der Waals surface area (Å²) in [6.07, 6.45) is 8.59. The number of benzene rings is 2. The Morgan fingerprint density at radius 3 is 2.46 bits per heavy atom. The smallest absolute Gasteiger partial charge is 0.141 e. The number of allylic oxidation sites excluding steroid dienone is 4. The van der Waals surface area contributed by atoms with Gasteiger partial charge in [0.15, 0.2) is 0 Å². The van der Waals surface area contributed by atoms with Crippen molar-refractivity contribution in [1.29, 1.82) is 0 Å². The SMILES string of the molecule is CC1C=CC=CC1c1ccc2c(oc3ccccc32)c1C(C)(C)O. The second-order valence-corrected chi connectivity index (χ2v) is 7.22. The summed E-state index contributed by atoms with van der Waals surface area (Å²) in [4.78, 5) is 0. The van der Waals surface area contributed by atoms with Gasteiger partial charge < -0.3 is 9.52 Å². The second-order valence-electron chi connectivity index (χ2n) is 7.22. The van der Waals surface area contributed by atoms with E-state index in [1.807, 2.05) is 32.0 Å². The molecule has 122 valence electrons. The molecular weight excluding hydrogens is 296 g/mol. The molecule has 1 N–H and O–H groups in total. The van der Waals surface area contributed by atoms with Crippen LogP contribution in [0.25, 0.3) is 21.9 Å². The molecule has 1 aliphatic rings. The highest BCUT2D eigenvalue weighted by molar-refractivity contribution is 6.06. The molecule has 1 aliphatic carbocycles. The van der Waals surface area contributed by atoms with Crippen molar-refractivity contribution in [3.63, 3.8) is 0 Å². The third-order valence-electron chi connectivity index (χ3n) is 4.96. The van der Waals surface area contributed by atoms with E-state index in [1.54, 1.807) is 0 Å². The van der Waals surface area contributed by atoms with Gasteiger partial charge in [-0.25, -0.2) is 0 Å². The van der Waals surface area contributed by atoms with Gasteiger partial charge in [0.2, 0.25) is 0 Å². The van der Waals surface area contributed by atoms with Gasteiger partial charge in [-0.2, -0.15) is 0 Å². The van der Waals surface area contributed by atoms with Crippen LogP contribution in [0.15, 0.2) is 65.1 Å². The summed E-state index contributed by atoms with van der Waals surface area (Å²) in [5.41, 5.74) is 2.73. The van der Waals surface area contributed by atoms with Crippen LogP contribution in [0, 0.1) is 5.92 Å². The minimum absolute atomic E-state index is 0.244. The monoisotopic (exact) mass is 318 g/mol. The number of hydrogen-bond acceptors (Lipinski definition) is 2. The first-order valence-corrected chi connectivity index (χ1v) is 8.49. The minimum Gasteiger partial charge on any atom is -0.456 e. The van der Waals surface area contributed by atoms with Crippen molar-refractivity contribution in [3.8, 4) is 0 Å². The first kappa shape index (κ1) is 15.2. The van der Waals surface area contributed by atoms with E-state index in [9.17, 15) is 5.11 Å². The van der Waals surface area contributed by atoms with Gasteiger partial charge in [-0.05, 0) is 31.4 Å². The molecule has 3 aromatic rings. The second kappa shape index (κ2) is 5.35. The number of para-hydroxylation sites is 1. The third kappa shape index (κ3) is 2.30. The Bertz CT molecular complexity index is 967. The summed E-state index contributed by atoms with van der Waals surface area (Å²) in [6.45, 7) is 5.89. The molecule has 0 saturated carbocycles. The fourth-order valence-electron chi connectivity index (χ4n) is 3.82. The quantitative estimate of drug-likeness (QED) is 0.661. The zero-order chi connectivity index (χ0) is 16.9. The van der Waals surface area contributed by atoms with Crippen LogP contribution >= 0.6 is 0 Å². The first-order valence-electron chi connectivity index (χ1n) is 8.49. The van der Waals surface area contributed by atoms with Crippen molar-refractivity contribution in [1.82, 2.24) is 0 Å². The predicted molar refractivity (Wildman–Crippen MR) is 99.1 cm³/mol. The highest BCUT2D eigenvalue weighted by Gasteiger charge is 2.30. The predicted octanol–water partition coefficient (Wildman–Crippen LogP) is 5.66. The Morgan fingerprint density at radius 1 is 0.958 bits per heavy atom. The van der Waals surface area contributed by atoms with Crippen molar-refractivity contribution >= 4 is 21.9 Å². The highest BCUT2D eigenvalue weighted by atomic mass is 16.3. The molecule has 2 nitrogen and oxygen atoms in total. The maximum absolute atomic E-state index is 10.9. The topological polar surface area (TPSA) is 33.4 Å². The maximum atomic E-state index is 10.9. The molecule has 1 heterocycles. The fraction of sp³-hybridized carbons (Fsp3) is 0.273. The van der Waals surface area contributed by atoms with Gasteiger partial charge in [0.25, 0.3) is 0 Å². The van der Waals surface area contributed by atoms with Crippen molar-refractivity contribution in [2.75, 3.05) is 0 Å². The van der Waals surface area contributed by atoms with E-state index >= 15 is 0 Å². The molecule has 0 aliphatic heterocycles. The Morgan fingerprint density at radius 2 is 1.71 bits per heavy atom. The van der Waals surface area contributed by atoms with Crippen molar-refractivity contribution in [2.45, 2.75) is 32.3 Å². The molecule has 0 bridgehead atoms. The van der Waals surface area contributed by atoms with Gasteiger partial charge in [-0.15, -0.1) is 0 Å². The summed E-state index contributed by atoms with van der Waals surface area (Å²) < 4.78 is 6.17. The van der Waals surface area contributed by atoms with Crippen LogP contribution in [0.5, 0.6) is 0 Å². The Balaban J connectivity index is 2.06. The molecule has 2 heteroatoms. The summed E-state index contributed by atoms with van der Waals surface area (Å²) in [7, 11) is 0. The Labute approximate surface area is 142 Å². The molecular formula is C22H22O2. The zero-order valence-electron chi connectivity index (χ0n) is 14.3. The number of aliphatic hydroxyl groups is 1. The van der Waals surface area contributed by atoms with Crippen LogP contribution in [0.2, 0.25) is 0 Å². The van der Waals surface area contributed by atoms with Gasteiger partial charge in [0.05, 0.1) is 5.60 Å². The number of furan rings is 1. The van der Waals surface area contributed by atoms with Gasteiger partial charge >= 0.3 is 0 Å². The molecule has 2 aromatic carbocycles.